The zero-order valence-electron chi connectivity index (χ0n) is 25.1. The first-order chi connectivity index (χ1) is 23.2. The molecule has 0 atom stereocenters. The molecule has 4 aromatic heterocycles. The summed E-state index contributed by atoms with van der Waals surface area (Å²) >= 11 is 7.50. The zero-order valence-corrected chi connectivity index (χ0v) is 26.7. The Morgan fingerprint density at radius 3 is 2.55 bits per heavy atom. The van der Waals surface area contributed by atoms with Gasteiger partial charge in [-0.3, -0.25) is 19.3 Å². The SMILES string of the molecule is Cc1cc(-c2cc(Cl)ccc2OCCn2c(C)nc3cc(C(F)(F)F)c(-c4ncc(F)cc4F)c(C#N)c3c2=O)c2scc(C(=O)O)c2n1. The first kappa shape index (κ1) is 33.4. The summed E-state index contributed by atoms with van der Waals surface area (Å²) in [6.45, 7) is 2.73. The van der Waals surface area contributed by atoms with Crippen molar-refractivity contribution >= 4 is 50.0 Å². The average molecular weight is 712 g/mol. The number of fused-ring (bicyclic) bond motifs is 2. The highest BCUT2D eigenvalue weighted by Gasteiger charge is 2.38. The molecule has 0 aliphatic rings. The van der Waals surface area contributed by atoms with Crippen LogP contribution in [-0.2, 0) is 12.7 Å². The minimum atomic E-state index is -5.12. The molecule has 0 amide bonds. The maximum atomic E-state index is 14.8. The number of carbonyl (C=O) groups is 1. The third-order valence-corrected chi connectivity index (χ3v) is 8.82. The van der Waals surface area contributed by atoms with Crippen molar-refractivity contribution in [2.24, 2.45) is 0 Å². The molecule has 0 bridgehead atoms. The quantitative estimate of drug-likeness (QED) is 0.165. The normalized spacial score (nSPS) is 11.7. The van der Waals surface area contributed by atoms with Gasteiger partial charge in [-0.25, -0.2) is 18.6 Å². The molecule has 248 valence electrons. The summed E-state index contributed by atoms with van der Waals surface area (Å²) in [5.41, 5.74) is -3.66. The third-order valence-electron chi connectivity index (χ3n) is 7.59. The van der Waals surface area contributed by atoms with Crippen molar-refractivity contribution in [3.63, 3.8) is 0 Å². The van der Waals surface area contributed by atoms with E-state index in [1.807, 2.05) is 0 Å². The van der Waals surface area contributed by atoms with Crippen LogP contribution in [0.5, 0.6) is 5.75 Å². The minimum Gasteiger partial charge on any atom is -0.491 e. The summed E-state index contributed by atoms with van der Waals surface area (Å²) in [6, 6.07) is 8.97. The first-order valence-electron chi connectivity index (χ1n) is 14.1. The van der Waals surface area contributed by atoms with E-state index in [-0.39, 0.29) is 24.5 Å². The number of aromatic carboxylic acids is 1. The fourth-order valence-corrected chi connectivity index (χ4v) is 6.69. The van der Waals surface area contributed by atoms with Gasteiger partial charge in [0, 0.05) is 38.9 Å². The van der Waals surface area contributed by atoms with E-state index in [9.17, 15) is 41.9 Å². The number of rotatable bonds is 7. The van der Waals surface area contributed by atoms with Gasteiger partial charge in [0.05, 0.1) is 50.6 Å². The molecule has 0 saturated carbocycles. The number of hydrogen-bond acceptors (Lipinski definition) is 8. The van der Waals surface area contributed by atoms with Gasteiger partial charge in [0.25, 0.3) is 5.56 Å². The van der Waals surface area contributed by atoms with Gasteiger partial charge >= 0.3 is 12.1 Å². The lowest BCUT2D eigenvalue weighted by Crippen LogP contribution is -2.28. The second-order valence-corrected chi connectivity index (χ2v) is 12.0. The number of benzene rings is 2. The number of carboxylic acids is 1. The number of carboxylic acid groups (broad SMARTS) is 1. The van der Waals surface area contributed by atoms with E-state index in [2.05, 4.69) is 15.0 Å². The molecule has 6 aromatic rings. The Labute approximate surface area is 281 Å². The van der Waals surface area contributed by atoms with Crippen molar-refractivity contribution in [3.8, 4) is 34.2 Å². The second kappa shape index (κ2) is 12.5. The number of alkyl halides is 3. The first-order valence-corrected chi connectivity index (χ1v) is 15.4. The molecular formula is C33H19ClF5N5O4S. The van der Waals surface area contributed by atoms with Gasteiger partial charge in [0.1, 0.15) is 35.8 Å². The molecule has 9 nitrogen and oxygen atoms in total. The molecule has 49 heavy (non-hydrogen) atoms. The lowest BCUT2D eigenvalue weighted by Gasteiger charge is -2.18. The number of nitriles is 1. The number of aryl methyl sites for hydroxylation is 2. The average Bonchev–Trinajstić information content (AvgIpc) is 3.46. The maximum Gasteiger partial charge on any atom is 0.417 e. The molecular weight excluding hydrogens is 693 g/mol. The largest absolute Gasteiger partial charge is 0.491 e. The van der Waals surface area contributed by atoms with Crippen molar-refractivity contribution in [3.05, 3.63) is 103 Å². The lowest BCUT2D eigenvalue weighted by molar-refractivity contribution is -0.137. The van der Waals surface area contributed by atoms with E-state index in [0.29, 0.717) is 56.1 Å². The number of aromatic nitrogens is 4. The highest BCUT2D eigenvalue weighted by atomic mass is 35.5. The van der Waals surface area contributed by atoms with E-state index in [1.54, 1.807) is 37.3 Å². The molecule has 4 heterocycles. The number of thiophene rings is 1. The van der Waals surface area contributed by atoms with E-state index < -0.39 is 62.6 Å². The Balaban J connectivity index is 1.43. The van der Waals surface area contributed by atoms with Crippen LogP contribution in [0.15, 0.2) is 52.8 Å². The molecule has 0 saturated heterocycles. The van der Waals surface area contributed by atoms with Crippen LogP contribution >= 0.6 is 22.9 Å². The van der Waals surface area contributed by atoms with Crippen LogP contribution in [0.3, 0.4) is 0 Å². The number of halogens is 6. The van der Waals surface area contributed by atoms with Crippen LogP contribution in [0.25, 0.3) is 43.5 Å². The Hall–Kier alpha value is -5.46. The summed E-state index contributed by atoms with van der Waals surface area (Å²) in [7, 11) is 0. The van der Waals surface area contributed by atoms with Gasteiger partial charge < -0.3 is 9.84 Å². The Kier molecular flexibility index (Phi) is 8.55. The van der Waals surface area contributed by atoms with E-state index in [1.165, 1.54) is 23.6 Å². The number of ether oxygens (including phenoxy) is 1. The summed E-state index contributed by atoms with van der Waals surface area (Å²) in [4.78, 5) is 37.6. The fourth-order valence-electron chi connectivity index (χ4n) is 5.51. The molecule has 1 N–H and O–H groups in total. The zero-order chi connectivity index (χ0) is 35.4. The van der Waals surface area contributed by atoms with Gasteiger partial charge in [-0.1, -0.05) is 11.6 Å². The number of hydrogen-bond donors (Lipinski definition) is 1. The highest BCUT2D eigenvalue weighted by molar-refractivity contribution is 7.18. The second-order valence-electron chi connectivity index (χ2n) is 10.7. The van der Waals surface area contributed by atoms with Crippen molar-refractivity contribution in [1.29, 1.82) is 5.26 Å². The predicted molar refractivity (Wildman–Crippen MR) is 171 cm³/mol. The van der Waals surface area contributed by atoms with Gasteiger partial charge in [-0.2, -0.15) is 18.4 Å². The lowest BCUT2D eigenvalue weighted by atomic mass is 9.94. The molecule has 0 fully saturated rings. The number of pyridine rings is 2. The van der Waals surface area contributed by atoms with Crippen LogP contribution < -0.4 is 10.3 Å². The molecule has 0 aliphatic carbocycles. The van der Waals surface area contributed by atoms with Gasteiger partial charge in [-0.15, -0.1) is 11.3 Å². The van der Waals surface area contributed by atoms with Crippen molar-refractivity contribution < 1.29 is 36.6 Å². The molecule has 6 rings (SSSR count). The summed E-state index contributed by atoms with van der Waals surface area (Å²) in [6.07, 6.45) is -4.62. The molecule has 0 spiro atoms. The third kappa shape index (κ3) is 6.05. The number of nitrogens with zero attached hydrogens (tertiary/aromatic N) is 5. The van der Waals surface area contributed by atoms with Gasteiger partial charge in [0.15, 0.2) is 5.82 Å². The molecule has 16 heteroatoms. The van der Waals surface area contributed by atoms with E-state index in [4.69, 9.17) is 16.3 Å². The van der Waals surface area contributed by atoms with Gasteiger partial charge in [-0.05, 0) is 44.2 Å². The molecule has 2 aromatic carbocycles. The van der Waals surface area contributed by atoms with Crippen LogP contribution in [0, 0.1) is 36.8 Å². The van der Waals surface area contributed by atoms with Crippen molar-refractivity contribution in [2.75, 3.05) is 6.61 Å². The van der Waals surface area contributed by atoms with E-state index in [0.717, 1.165) is 4.57 Å². The van der Waals surface area contributed by atoms with Crippen LogP contribution in [0.2, 0.25) is 5.02 Å². The smallest absolute Gasteiger partial charge is 0.417 e. The molecule has 0 radical (unpaired) electrons. The molecule has 0 aliphatic heterocycles. The van der Waals surface area contributed by atoms with Crippen molar-refractivity contribution in [2.45, 2.75) is 26.6 Å². The fraction of sp³-hybridized carbons (Fsp3) is 0.152. The standard InChI is InChI=1S/C33H19ClF5N5O4S/c1-14-7-19(30-28(42-14)21(13-49-30)32(46)47)18-8-16(34)3-4-25(18)48-6-5-44-15(2)43-24-10-22(33(37,38)39)26(20(11-40)27(24)31(44)45)29-23(36)9-17(35)12-41-29/h3-4,7-10,12-13H,5-6H2,1-2H3,(H,46,47). The van der Waals surface area contributed by atoms with Crippen molar-refractivity contribution in [1.82, 2.24) is 19.5 Å². The minimum absolute atomic E-state index is 0.000431. The summed E-state index contributed by atoms with van der Waals surface area (Å²) < 4.78 is 78.8. The molecule has 0 unspecified atom stereocenters. The summed E-state index contributed by atoms with van der Waals surface area (Å²) in [5, 5.41) is 21.0. The summed E-state index contributed by atoms with van der Waals surface area (Å²) in [5.74, 6) is -3.44. The Morgan fingerprint density at radius 2 is 1.88 bits per heavy atom. The Bertz CT molecular complexity index is 2460. The van der Waals surface area contributed by atoms with Gasteiger partial charge in [0.2, 0.25) is 0 Å². The highest BCUT2D eigenvalue weighted by Crippen LogP contribution is 2.42. The predicted octanol–water partition coefficient (Wildman–Crippen LogP) is 7.95. The monoisotopic (exact) mass is 711 g/mol. The van der Waals surface area contributed by atoms with Crippen LogP contribution in [-0.4, -0.2) is 37.2 Å². The van der Waals surface area contributed by atoms with Crippen LogP contribution in [0.4, 0.5) is 22.0 Å². The van der Waals surface area contributed by atoms with Crippen LogP contribution in [0.1, 0.15) is 33.0 Å². The van der Waals surface area contributed by atoms with E-state index >= 15 is 0 Å². The topological polar surface area (TPSA) is 131 Å². The Morgan fingerprint density at radius 1 is 1.12 bits per heavy atom. The maximum absolute atomic E-state index is 14.8.